The summed E-state index contributed by atoms with van der Waals surface area (Å²) in [6, 6.07) is 0. The summed E-state index contributed by atoms with van der Waals surface area (Å²) in [5, 5.41) is 10.6. The highest BCUT2D eigenvalue weighted by Crippen LogP contribution is 2.63. The van der Waals surface area contributed by atoms with Crippen molar-refractivity contribution in [3.63, 3.8) is 0 Å². The van der Waals surface area contributed by atoms with Crippen LogP contribution in [0.15, 0.2) is 0 Å². The van der Waals surface area contributed by atoms with Crippen molar-refractivity contribution in [1.82, 2.24) is 0 Å². The first kappa shape index (κ1) is 10.9. The van der Waals surface area contributed by atoms with Crippen molar-refractivity contribution in [3.05, 3.63) is 0 Å². The molecule has 0 aromatic heterocycles. The molecule has 3 nitrogen and oxygen atoms in total. The summed E-state index contributed by atoms with van der Waals surface area (Å²) >= 11 is 0. The van der Waals surface area contributed by atoms with Gasteiger partial charge in [0.15, 0.2) is 0 Å². The third kappa shape index (κ3) is 1.48. The van der Waals surface area contributed by atoms with Gasteiger partial charge >= 0.3 is 5.97 Å². The Bertz CT molecular complexity index is 291. The highest BCUT2D eigenvalue weighted by Gasteiger charge is 2.67. The SMILES string of the molecule is COC(=O)C1(C2(O)CCC(C)(C)C2)CC1. The number of hydrogen-bond donors (Lipinski definition) is 1. The highest BCUT2D eigenvalue weighted by molar-refractivity contribution is 5.81. The maximum absolute atomic E-state index is 11.7. The van der Waals surface area contributed by atoms with Gasteiger partial charge in [0.1, 0.15) is 0 Å². The third-order valence-corrected chi connectivity index (χ3v) is 4.20. The maximum atomic E-state index is 11.7. The van der Waals surface area contributed by atoms with Gasteiger partial charge in [-0.2, -0.15) is 0 Å². The summed E-state index contributed by atoms with van der Waals surface area (Å²) < 4.78 is 4.82. The Kier molecular flexibility index (Phi) is 2.16. The molecule has 0 bridgehead atoms. The number of carbonyl (C=O) groups excluding carboxylic acids is 1. The van der Waals surface area contributed by atoms with Crippen molar-refractivity contribution in [2.45, 2.75) is 51.6 Å². The summed E-state index contributed by atoms with van der Waals surface area (Å²) in [4.78, 5) is 11.7. The van der Waals surface area contributed by atoms with Crippen LogP contribution in [0.25, 0.3) is 0 Å². The Morgan fingerprint density at radius 2 is 1.80 bits per heavy atom. The van der Waals surface area contributed by atoms with E-state index < -0.39 is 11.0 Å². The first-order valence-electron chi connectivity index (χ1n) is 5.66. The van der Waals surface area contributed by atoms with Crippen molar-refractivity contribution < 1.29 is 14.6 Å². The maximum Gasteiger partial charge on any atom is 0.314 e. The lowest BCUT2D eigenvalue weighted by Gasteiger charge is -2.32. The van der Waals surface area contributed by atoms with Crippen LogP contribution in [0, 0.1) is 10.8 Å². The van der Waals surface area contributed by atoms with E-state index in [1.165, 1.54) is 7.11 Å². The van der Waals surface area contributed by atoms with Crippen LogP contribution in [0.3, 0.4) is 0 Å². The molecular weight excluding hydrogens is 192 g/mol. The summed E-state index contributed by atoms with van der Waals surface area (Å²) in [7, 11) is 1.41. The monoisotopic (exact) mass is 212 g/mol. The Balaban J connectivity index is 2.21. The van der Waals surface area contributed by atoms with E-state index in [0.717, 1.165) is 32.1 Å². The van der Waals surface area contributed by atoms with Crippen molar-refractivity contribution in [3.8, 4) is 0 Å². The molecule has 3 heteroatoms. The van der Waals surface area contributed by atoms with Crippen LogP contribution in [0.1, 0.15) is 46.0 Å². The Morgan fingerprint density at radius 3 is 2.13 bits per heavy atom. The number of aliphatic hydroxyl groups is 1. The van der Waals surface area contributed by atoms with Gasteiger partial charge in [0.2, 0.25) is 0 Å². The van der Waals surface area contributed by atoms with Crippen LogP contribution in [-0.4, -0.2) is 23.8 Å². The molecule has 1 unspecified atom stereocenters. The summed E-state index contributed by atoms with van der Waals surface area (Å²) in [5.74, 6) is -0.220. The standard InChI is InChI=1S/C12H20O3/c1-10(2)4-7-12(14,8-10)11(5-6-11)9(13)15-3/h14H,4-8H2,1-3H3. The molecule has 2 rings (SSSR count). The number of esters is 1. The summed E-state index contributed by atoms with van der Waals surface area (Å²) in [5.41, 5.74) is -1.24. The third-order valence-electron chi connectivity index (χ3n) is 4.20. The number of rotatable bonds is 2. The van der Waals surface area contributed by atoms with Crippen LogP contribution in [0.2, 0.25) is 0 Å². The molecule has 1 N–H and O–H groups in total. The molecule has 1 atom stereocenters. The van der Waals surface area contributed by atoms with E-state index in [2.05, 4.69) is 13.8 Å². The minimum absolute atomic E-state index is 0.151. The predicted molar refractivity (Wildman–Crippen MR) is 56.3 cm³/mol. The lowest BCUT2D eigenvalue weighted by Crippen LogP contribution is -2.43. The first-order valence-corrected chi connectivity index (χ1v) is 5.66. The second-order valence-electron chi connectivity index (χ2n) is 5.95. The zero-order valence-electron chi connectivity index (χ0n) is 9.80. The molecule has 0 saturated heterocycles. The average molecular weight is 212 g/mol. The highest BCUT2D eigenvalue weighted by atomic mass is 16.5. The van der Waals surface area contributed by atoms with Crippen LogP contribution in [0.5, 0.6) is 0 Å². The zero-order chi connectivity index (χ0) is 11.3. The van der Waals surface area contributed by atoms with Crippen LogP contribution < -0.4 is 0 Å². The number of carbonyl (C=O) groups is 1. The molecule has 0 radical (unpaired) electrons. The van der Waals surface area contributed by atoms with Gasteiger partial charge in [0.05, 0.1) is 18.1 Å². The van der Waals surface area contributed by atoms with E-state index in [-0.39, 0.29) is 11.4 Å². The second-order valence-corrected chi connectivity index (χ2v) is 5.95. The van der Waals surface area contributed by atoms with Gasteiger partial charge in [-0.1, -0.05) is 13.8 Å². The van der Waals surface area contributed by atoms with Gasteiger partial charge < -0.3 is 9.84 Å². The molecule has 86 valence electrons. The molecule has 2 fully saturated rings. The van der Waals surface area contributed by atoms with Gasteiger partial charge in [-0.25, -0.2) is 0 Å². The van der Waals surface area contributed by atoms with Crippen molar-refractivity contribution in [2.24, 2.45) is 10.8 Å². The van der Waals surface area contributed by atoms with E-state index in [4.69, 9.17) is 4.74 Å². The molecule has 15 heavy (non-hydrogen) atoms. The largest absolute Gasteiger partial charge is 0.469 e. The van der Waals surface area contributed by atoms with E-state index >= 15 is 0 Å². The molecule has 2 aliphatic carbocycles. The van der Waals surface area contributed by atoms with Crippen LogP contribution in [-0.2, 0) is 9.53 Å². The predicted octanol–water partition coefficient (Wildman–Crippen LogP) is 1.88. The van der Waals surface area contributed by atoms with Gasteiger partial charge in [-0.15, -0.1) is 0 Å². The second kappa shape index (κ2) is 2.97. The topological polar surface area (TPSA) is 46.5 Å². The van der Waals surface area contributed by atoms with Gasteiger partial charge in [0, 0.05) is 0 Å². The lowest BCUT2D eigenvalue weighted by atomic mass is 9.79. The van der Waals surface area contributed by atoms with Crippen molar-refractivity contribution in [2.75, 3.05) is 7.11 Å². The fourth-order valence-corrected chi connectivity index (χ4v) is 3.10. The smallest absolute Gasteiger partial charge is 0.314 e. The molecule has 2 saturated carbocycles. The number of ether oxygens (including phenoxy) is 1. The fourth-order valence-electron chi connectivity index (χ4n) is 3.10. The van der Waals surface area contributed by atoms with Crippen LogP contribution in [0.4, 0.5) is 0 Å². The van der Waals surface area contributed by atoms with Gasteiger partial charge in [-0.3, -0.25) is 4.79 Å². The van der Waals surface area contributed by atoms with Gasteiger partial charge in [-0.05, 0) is 37.5 Å². The molecular formula is C12H20O3. The minimum atomic E-state index is -0.816. The molecule has 2 aliphatic rings. The Morgan fingerprint density at radius 1 is 1.20 bits per heavy atom. The van der Waals surface area contributed by atoms with E-state index in [1.54, 1.807) is 0 Å². The van der Waals surface area contributed by atoms with E-state index in [0.29, 0.717) is 0 Å². The number of hydrogen-bond acceptors (Lipinski definition) is 3. The fraction of sp³-hybridized carbons (Fsp3) is 0.917. The quantitative estimate of drug-likeness (QED) is 0.711. The molecule has 0 aliphatic heterocycles. The molecule has 0 amide bonds. The summed E-state index contributed by atoms with van der Waals surface area (Å²) in [6.45, 7) is 4.30. The van der Waals surface area contributed by atoms with E-state index in [1.807, 2.05) is 0 Å². The normalized spacial score (nSPS) is 36.3. The Hall–Kier alpha value is -0.570. The number of methoxy groups -OCH3 is 1. The average Bonchev–Trinajstić information content (AvgIpc) is 2.90. The van der Waals surface area contributed by atoms with Crippen LogP contribution >= 0.6 is 0 Å². The van der Waals surface area contributed by atoms with Crippen molar-refractivity contribution >= 4 is 5.97 Å². The van der Waals surface area contributed by atoms with E-state index in [9.17, 15) is 9.90 Å². The van der Waals surface area contributed by atoms with Crippen molar-refractivity contribution in [1.29, 1.82) is 0 Å². The molecule has 0 spiro atoms. The molecule has 0 aromatic rings. The lowest BCUT2D eigenvalue weighted by molar-refractivity contribution is -0.159. The Labute approximate surface area is 90.8 Å². The first-order chi connectivity index (χ1) is 6.85. The molecule has 0 heterocycles. The summed E-state index contributed by atoms with van der Waals surface area (Å²) in [6.07, 6.45) is 4.00. The zero-order valence-corrected chi connectivity index (χ0v) is 9.80. The molecule has 0 aromatic carbocycles. The van der Waals surface area contributed by atoms with Gasteiger partial charge in [0.25, 0.3) is 0 Å². The minimum Gasteiger partial charge on any atom is -0.469 e.